The van der Waals surface area contributed by atoms with E-state index in [2.05, 4.69) is 46.1 Å². The summed E-state index contributed by atoms with van der Waals surface area (Å²) in [5, 5.41) is 1.12. The number of hydrogen-bond acceptors (Lipinski definition) is 2. The third-order valence-electron chi connectivity index (χ3n) is 4.69. The molecule has 1 aliphatic carbocycles. The molecule has 3 heteroatoms. The summed E-state index contributed by atoms with van der Waals surface area (Å²) in [5.74, 6) is 0.998. The average molecular weight is 354 g/mol. The van der Waals surface area contributed by atoms with E-state index in [1.807, 2.05) is 6.07 Å². The molecule has 2 nitrogen and oxygen atoms in total. The summed E-state index contributed by atoms with van der Waals surface area (Å²) >= 11 is 3.79. The fraction of sp³-hybridized carbons (Fsp3) is 0.667. The maximum absolute atomic E-state index is 5.47. The molecule has 0 saturated heterocycles. The van der Waals surface area contributed by atoms with Crippen molar-refractivity contribution in [2.75, 3.05) is 26.0 Å². The molecule has 118 valence electrons. The average Bonchev–Trinajstić information content (AvgIpc) is 2.74. The normalized spacial score (nSPS) is 18.5. The summed E-state index contributed by atoms with van der Waals surface area (Å²) in [6.45, 7) is 2.12. The van der Waals surface area contributed by atoms with Crippen LogP contribution in [0, 0.1) is 5.41 Å². The topological polar surface area (TPSA) is 12.5 Å². The smallest absolute Gasteiger partial charge is 0.123 e. The zero-order valence-electron chi connectivity index (χ0n) is 13.4. The molecule has 1 saturated carbocycles. The molecule has 0 bridgehead atoms. The van der Waals surface area contributed by atoms with Gasteiger partial charge in [0.15, 0.2) is 0 Å². The number of alkyl halides is 1. The Morgan fingerprint density at radius 2 is 1.81 bits per heavy atom. The molecule has 0 N–H and O–H groups in total. The number of methoxy groups -OCH3 is 1. The third kappa shape index (κ3) is 4.72. The Labute approximate surface area is 138 Å². The molecule has 0 amide bonds. The van der Waals surface area contributed by atoms with Crippen LogP contribution in [-0.2, 0) is 6.54 Å². The Morgan fingerprint density at radius 3 is 2.43 bits per heavy atom. The summed E-state index contributed by atoms with van der Waals surface area (Å²) in [7, 11) is 3.99. The number of rotatable bonds is 6. The minimum Gasteiger partial charge on any atom is -0.496 e. The van der Waals surface area contributed by atoms with Gasteiger partial charge in [0, 0.05) is 24.0 Å². The van der Waals surface area contributed by atoms with E-state index >= 15 is 0 Å². The molecule has 0 heterocycles. The van der Waals surface area contributed by atoms with Gasteiger partial charge in [0.2, 0.25) is 0 Å². The summed E-state index contributed by atoms with van der Waals surface area (Å²) in [6, 6.07) is 8.35. The van der Waals surface area contributed by atoms with Gasteiger partial charge < -0.3 is 9.64 Å². The summed E-state index contributed by atoms with van der Waals surface area (Å²) in [4.78, 5) is 2.46. The van der Waals surface area contributed by atoms with Crippen LogP contribution in [0.4, 0.5) is 0 Å². The fourth-order valence-electron chi connectivity index (χ4n) is 3.57. The Kier molecular flexibility index (Phi) is 6.56. The highest BCUT2D eigenvalue weighted by Gasteiger charge is 2.31. The quantitative estimate of drug-likeness (QED) is 0.534. The number of nitrogens with zero attached hydrogens (tertiary/aromatic N) is 1. The monoisotopic (exact) mass is 353 g/mol. The maximum Gasteiger partial charge on any atom is 0.123 e. The van der Waals surface area contributed by atoms with E-state index in [9.17, 15) is 0 Å². The number of para-hydroxylation sites is 1. The Morgan fingerprint density at radius 1 is 1.14 bits per heavy atom. The lowest BCUT2D eigenvalue weighted by Crippen LogP contribution is -2.36. The SMILES string of the molecule is COc1ccccc1CN(C)CC1(CBr)CCCCCC1. The molecule has 1 aliphatic rings. The van der Waals surface area contributed by atoms with Crippen molar-refractivity contribution in [1.29, 1.82) is 0 Å². The molecule has 0 atom stereocenters. The highest BCUT2D eigenvalue weighted by molar-refractivity contribution is 9.09. The van der Waals surface area contributed by atoms with Crippen molar-refractivity contribution in [2.45, 2.75) is 45.1 Å². The highest BCUT2D eigenvalue weighted by atomic mass is 79.9. The number of ether oxygens (including phenoxy) is 1. The largest absolute Gasteiger partial charge is 0.496 e. The van der Waals surface area contributed by atoms with E-state index in [1.165, 1.54) is 44.1 Å². The van der Waals surface area contributed by atoms with Crippen molar-refractivity contribution in [1.82, 2.24) is 4.90 Å². The fourth-order valence-corrected chi connectivity index (χ4v) is 4.30. The van der Waals surface area contributed by atoms with Crippen LogP contribution in [0.1, 0.15) is 44.1 Å². The summed E-state index contributed by atoms with van der Waals surface area (Å²) in [5.41, 5.74) is 1.73. The number of halogens is 1. The van der Waals surface area contributed by atoms with Crippen molar-refractivity contribution in [2.24, 2.45) is 5.41 Å². The Bertz CT molecular complexity index is 427. The van der Waals surface area contributed by atoms with Crippen molar-refractivity contribution in [3.05, 3.63) is 29.8 Å². The predicted octanol–water partition coefficient (Wildman–Crippen LogP) is 4.86. The van der Waals surface area contributed by atoms with Gasteiger partial charge in [-0.05, 0) is 31.4 Å². The van der Waals surface area contributed by atoms with E-state index in [0.29, 0.717) is 5.41 Å². The molecule has 0 unspecified atom stereocenters. The zero-order chi connectivity index (χ0) is 15.1. The molecule has 1 aromatic carbocycles. The highest BCUT2D eigenvalue weighted by Crippen LogP contribution is 2.37. The minimum atomic E-state index is 0.452. The molecule has 0 aromatic heterocycles. The van der Waals surface area contributed by atoms with Crippen LogP contribution in [-0.4, -0.2) is 30.9 Å². The number of hydrogen-bond donors (Lipinski definition) is 0. The van der Waals surface area contributed by atoms with Gasteiger partial charge in [-0.3, -0.25) is 0 Å². The lowest BCUT2D eigenvalue weighted by Gasteiger charge is -2.35. The van der Waals surface area contributed by atoms with E-state index < -0.39 is 0 Å². The Hall–Kier alpha value is -0.540. The van der Waals surface area contributed by atoms with Crippen LogP contribution in [0.25, 0.3) is 0 Å². The molecular formula is C18H28BrNO. The van der Waals surface area contributed by atoms with Crippen LogP contribution in [0.3, 0.4) is 0 Å². The molecule has 1 aromatic rings. The van der Waals surface area contributed by atoms with Crippen LogP contribution in [0.5, 0.6) is 5.75 Å². The molecule has 21 heavy (non-hydrogen) atoms. The molecule has 0 spiro atoms. The predicted molar refractivity (Wildman–Crippen MR) is 93.3 cm³/mol. The molecule has 2 rings (SSSR count). The number of benzene rings is 1. The standard InChI is InChI=1S/C18H28BrNO/c1-20(13-16-9-5-6-10-17(16)21-2)15-18(14-19)11-7-3-4-8-12-18/h5-6,9-10H,3-4,7-8,11-15H2,1-2H3. The van der Waals surface area contributed by atoms with Gasteiger partial charge in [0.25, 0.3) is 0 Å². The van der Waals surface area contributed by atoms with E-state index in [-0.39, 0.29) is 0 Å². The maximum atomic E-state index is 5.47. The summed E-state index contributed by atoms with van der Waals surface area (Å²) < 4.78 is 5.47. The van der Waals surface area contributed by atoms with Gasteiger partial charge in [0.05, 0.1) is 7.11 Å². The van der Waals surface area contributed by atoms with Crippen molar-refractivity contribution in [3.8, 4) is 5.75 Å². The second-order valence-electron chi connectivity index (χ2n) is 6.53. The first kappa shape index (κ1) is 16.8. The van der Waals surface area contributed by atoms with Gasteiger partial charge in [-0.25, -0.2) is 0 Å². The second-order valence-corrected chi connectivity index (χ2v) is 7.09. The molecular weight excluding hydrogens is 326 g/mol. The Balaban J connectivity index is 2.00. The first-order valence-corrected chi connectivity index (χ1v) is 9.18. The second kappa shape index (κ2) is 8.19. The summed E-state index contributed by atoms with van der Waals surface area (Å²) in [6.07, 6.45) is 8.29. The van der Waals surface area contributed by atoms with Gasteiger partial charge in [-0.1, -0.05) is 59.8 Å². The molecule has 1 fully saturated rings. The van der Waals surface area contributed by atoms with Gasteiger partial charge >= 0.3 is 0 Å². The van der Waals surface area contributed by atoms with E-state index in [0.717, 1.165) is 24.2 Å². The van der Waals surface area contributed by atoms with Gasteiger partial charge in [0.1, 0.15) is 5.75 Å². The van der Waals surface area contributed by atoms with Crippen LogP contribution in [0.2, 0.25) is 0 Å². The third-order valence-corrected chi connectivity index (χ3v) is 5.88. The van der Waals surface area contributed by atoms with Crippen LogP contribution >= 0.6 is 15.9 Å². The molecule has 0 radical (unpaired) electrons. The minimum absolute atomic E-state index is 0.452. The first-order chi connectivity index (χ1) is 10.2. The lowest BCUT2D eigenvalue weighted by atomic mass is 9.82. The first-order valence-electron chi connectivity index (χ1n) is 8.05. The van der Waals surface area contributed by atoms with Crippen LogP contribution in [0.15, 0.2) is 24.3 Å². The van der Waals surface area contributed by atoms with Crippen molar-refractivity contribution < 1.29 is 4.74 Å². The van der Waals surface area contributed by atoms with Crippen LogP contribution < -0.4 is 4.74 Å². The van der Waals surface area contributed by atoms with Crippen molar-refractivity contribution in [3.63, 3.8) is 0 Å². The van der Waals surface area contributed by atoms with E-state index in [4.69, 9.17) is 4.74 Å². The van der Waals surface area contributed by atoms with Gasteiger partial charge in [-0.15, -0.1) is 0 Å². The lowest BCUT2D eigenvalue weighted by molar-refractivity contribution is 0.170. The van der Waals surface area contributed by atoms with Crippen molar-refractivity contribution >= 4 is 15.9 Å². The van der Waals surface area contributed by atoms with E-state index in [1.54, 1.807) is 7.11 Å². The van der Waals surface area contributed by atoms with Gasteiger partial charge in [-0.2, -0.15) is 0 Å². The molecule has 0 aliphatic heterocycles. The zero-order valence-corrected chi connectivity index (χ0v) is 15.0.